The predicted octanol–water partition coefficient (Wildman–Crippen LogP) is 4.30. The standard InChI is InChI=1S/C21H15N3O3/c25-21(18-9-5-2-6-10-18)20(17-7-3-1-4-8-17)23-22-15-16-11-13-19(14-12-16)24(26)27/h1-15H/b22-15-,23-20-. The molecule has 0 aliphatic rings. The maximum Gasteiger partial charge on any atom is 0.269 e. The van der Waals surface area contributed by atoms with Gasteiger partial charge in [-0.15, -0.1) is 5.10 Å². The van der Waals surface area contributed by atoms with Crippen molar-refractivity contribution in [1.82, 2.24) is 0 Å². The minimum absolute atomic E-state index is 0.000110. The van der Waals surface area contributed by atoms with Gasteiger partial charge in [0.05, 0.1) is 11.1 Å². The van der Waals surface area contributed by atoms with Crippen molar-refractivity contribution in [2.24, 2.45) is 10.2 Å². The van der Waals surface area contributed by atoms with E-state index in [9.17, 15) is 14.9 Å². The van der Waals surface area contributed by atoms with E-state index in [1.54, 1.807) is 48.5 Å². The second-order valence-electron chi connectivity index (χ2n) is 5.60. The Morgan fingerprint density at radius 2 is 1.37 bits per heavy atom. The first-order valence-corrected chi connectivity index (χ1v) is 8.16. The molecule has 3 aromatic rings. The number of nitrogens with zero attached hydrogens (tertiary/aromatic N) is 3. The van der Waals surface area contributed by atoms with Gasteiger partial charge in [-0.25, -0.2) is 0 Å². The average Bonchev–Trinajstić information content (AvgIpc) is 2.72. The second-order valence-corrected chi connectivity index (χ2v) is 5.60. The molecule has 0 N–H and O–H groups in total. The van der Waals surface area contributed by atoms with Gasteiger partial charge in [0.25, 0.3) is 5.69 Å². The third-order valence-electron chi connectivity index (χ3n) is 3.77. The fourth-order valence-electron chi connectivity index (χ4n) is 2.39. The number of carbonyl (C=O) groups is 1. The number of ketones is 1. The van der Waals surface area contributed by atoms with Gasteiger partial charge in [0.1, 0.15) is 5.71 Å². The van der Waals surface area contributed by atoms with Crippen LogP contribution in [0.3, 0.4) is 0 Å². The van der Waals surface area contributed by atoms with Crippen molar-refractivity contribution >= 4 is 23.4 Å². The second kappa shape index (κ2) is 8.44. The van der Waals surface area contributed by atoms with Crippen molar-refractivity contribution < 1.29 is 9.72 Å². The lowest BCUT2D eigenvalue weighted by Gasteiger charge is -2.04. The van der Waals surface area contributed by atoms with E-state index < -0.39 is 4.92 Å². The first-order chi connectivity index (χ1) is 13.1. The van der Waals surface area contributed by atoms with E-state index in [1.807, 2.05) is 24.3 Å². The molecule has 0 spiro atoms. The first-order valence-electron chi connectivity index (χ1n) is 8.16. The topological polar surface area (TPSA) is 84.9 Å². The number of non-ortho nitro benzene ring substituents is 1. The smallest absolute Gasteiger partial charge is 0.269 e. The maximum atomic E-state index is 12.8. The molecule has 0 atom stereocenters. The average molecular weight is 357 g/mol. The van der Waals surface area contributed by atoms with Crippen LogP contribution in [0.5, 0.6) is 0 Å². The zero-order valence-corrected chi connectivity index (χ0v) is 14.2. The Morgan fingerprint density at radius 3 is 1.93 bits per heavy atom. The van der Waals surface area contributed by atoms with Crippen molar-refractivity contribution in [3.05, 3.63) is 112 Å². The molecule has 3 rings (SSSR count). The minimum atomic E-state index is -0.467. The summed E-state index contributed by atoms with van der Waals surface area (Å²) in [6.45, 7) is 0. The van der Waals surface area contributed by atoms with Crippen LogP contribution in [0.25, 0.3) is 0 Å². The molecule has 0 aliphatic heterocycles. The van der Waals surface area contributed by atoms with Gasteiger partial charge in [0.15, 0.2) is 0 Å². The van der Waals surface area contributed by atoms with Gasteiger partial charge >= 0.3 is 0 Å². The lowest BCUT2D eigenvalue weighted by Crippen LogP contribution is -2.15. The molecule has 0 aromatic heterocycles. The molecule has 6 nitrogen and oxygen atoms in total. The predicted molar refractivity (Wildman–Crippen MR) is 104 cm³/mol. The zero-order valence-electron chi connectivity index (χ0n) is 14.2. The van der Waals surface area contributed by atoms with E-state index in [4.69, 9.17) is 0 Å². The number of hydrogen-bond acceptors (Lipinski definition) is 5. The van der Waals surface area contributed by atoms with Crippen LogP contribution in [0.4, 0.5) is 5.69 Å². The van der Waals surface area contributed by atoms with E-state index >= 15 is 0 Å². The van der Waals surface area contributed by atoms with Crippen LogP contribution < -0.4 is 0 Å². The normalized spacial score (nSPS) is 11.5. The number of nitro benzene ring substituents is 1. The lowest BCUT2D eigenvalue weighted by atomic mass is 10.0. The molecule has 0 fully saturated rings. The largest absolute Gasteiger partial charge is 0.287 e. The Morgan fingerprint density at radius 1 is 0.815 bits per heavy atom. The van der Waals surface area contributed by atoms with Crippen molar-refractivity contribution in [1.29, 1.82) is 0 Å². The number of carbonyl (C=O) groups excluding carboxylic acids is 1. The molecule has 3 aromatic carbocycles. The summed E-state index contributed by atoms with van der Waals surface area (Å²) in [6, 6.07) is 23.9. The SMILES string of the molecule is O=C(/C(=N\N=C/c1ccc([N+](=O)[O-])cc1)c1ccccc1)c1ccccc1. The van der Waals surface area contributed by atoms with Crippen molar-refractivity contribution in [2.75, 3.05) is 0 Å². The summed E-state index contributed by atoms with van der Waals surface area (Å²) in [5.74, 6) is -0.234. The van der Waals surface area contributed by atoms with Crippen molar-refractivity contribution in [2.45, 2.75) is 0 Å². The van der Waals surface area contributed by atoms with Gasteiger partial charge in [0.2, 0.25) is 5.78 Å². The molecule has 0 bridgehead atoms. The van der Waals surface area contributed by atoms with Crippen LogP contribution in [0, 0.1) is 10.1 Å². The first kappa shape index (κ1) is 17.9. The molecule has 0 heterocycles. The maximum absolute atomic E-state index is 12.8. The third kappa shape index (κ3) is 4.58. The van der Waals surface area contributed by atoms with Crippen LogP contribution in [-0.4, -0.2) is 22.6 Å². The molecule has 0 saturated heterocycles. The fraction of sp³-hybridized carbons (Fsp3) is 0. The highest BCUT2D eigenvalue weighted by atomic mass is 16.6. The summed E-state index contributed by atoms with van der Waals surface area (Å²) in [5, 5.41) is 18.8. The summed E-state index contributed by atoms with van der Waals surface area (Å²) in [4.78, 5) is 23.1. The summed E-state index contributed by atoms with van der Waals surface area (Å²) >= 11 is 0. The Labute approximate surface area is 155 Å². The molecule has 0 unspecified atom stereocenters. The van der Waals surface area contributed by atoms with E-state index in [1.165, 1.54) is 18.3 Å². The minimum Gasteiger partial charge on any atom is -0.287 e. The molecule has 0 saturated carbocycles. The molecule has 0 radical (unpaired) electrons. The third-order valence-corrected chi connectivity index (χ3v) is 3.77. The molecule has 0 amide bonds. The van der Waals surface area contributed by atoms with Crippen molar-refractivity contribution in [3.63, 3.8) is 0 Å². The molecular formula is C21H15N3O3. The highest BCUT2D eigenvalue weighted by Gasteiger charge is 2.16. The number of Topliss-reactive ketones (excluding diaryl/α,β-unsaturated/α-hetero) is 1. The molecule has 27 heavy (non-hydrogen) atoms. The van der Waals surface area contributed by atoms with Gasteiger partial charge in [-0.1, -0.05) is 60.7 Å². The fourth-order valence-corrected chi connectivity index (χ4v) is 2.39. The van der Waals surface area contributed by atoms with Gasteiger partial charge in [-0.2, -0.15) is 5.10 Å². The highest BCUT2D eigenvalue weighted by molar-refractivity contribution is 6.51. The molecule has 6 heteroatoms. The van der Waals surface area contributed by atoms with Crippen LogP contribution in [0.1, 0.15) is 21.5 Å². The Kier molecular flexibility index (Phi) is 5.59. The van der Waals surface area contributed by atoms with E-state index in [2.05, 4.69) is 10.2 Å². The van der Waals surface area contributed by atoms with Crippen LogP contribution in [0.15, 0.2) is 95.1 Å². The summed E-state index contributed by atoms with van der Waals surface area (Å²) in [5.41, 5.74) is 2.04. The molecular weight excluding hydrogens is 342 g/mol. The van der Waals surface area contributed by atoms with Gasteiger partial charge in [-0.3, -0.25) is 14.9 Å². The van der Waals surface area contributed by atoms with Crippen LogP contribution in [-0.2, 0) is 0 Å². The summed E-state index contributed by atoms with van der Waals surface area (Å²) in [7, 11) is 0. The Hall–Kier alpha value is -3.93. The zero-order chi connectivity index (χ0) is 19.1. The molecule has 0 aliphatic carbocycles. The van der Waals surface area contributed by atoms with Crippen LogP contribution >= 0.6 is 0 Å². The lowest BCUT2D eigenvalue weighted by molar-refractivity contribution is -0.384. The highest BCUT2D eigenvalue weighted by Crippen LogP contribution is 2.12. The van der Waals surface area contributed by atoms with Gasteiger partial charge in [-0.05, 0) is 17.7 Å². The van der Waals surface area contributed by atoms with E-state index in [-0.39, 0.29) is 17.2 Å². The summed E-state index contributed by atoms with van der Waals surface area (Å²) < 4.78 is 0. The van der Waals surface area contributed by atoms with Crippen molar-refractivity contribution in [3.8, 4) is 0 Å². The van der Waals surface area contributed by atoms with E-state index in [0.29, 0.717) is 16.7 Å². The number of rotatable bonds is 6. The number of benzene rings is 3. The molecule has 132 valence electrons. The summed E-state index contributed by atoms with van der Waals surface area (Å²) in [6.07, 6.45) is 1.45. The number of nitro groups is 1. The Bertz CT molecular complexity index is 996. The number of hydrogen-bond donors (Lipinski definition) is 0. The quantitative estimate of drug-likeness (QED) is 0.285. The monoisotopic (exact) mass is 357 g/mol. The van der Waals surface area contributed by atoms with Gasteiger partial charge < -0.3 is 0 Å². The van der Waals surface area contributed by atoms with E-state index in [0.717, 1.165) is 0 Å². The van der Waals surface area contributed by atoms with Gasteiger partial charge in [0, 0.05) is 23.3 Å². The van der Waals surface area contributed by atoms with Crippen LogP contribution in [0.2, 0.25) is 0 Å². The Balaban J connectivity index is 1.90.